The van der Waals surface area contributed by atoms with Crippen molar-refractivity contribution in [2.75, 3.05) is 0 Å². The molecule has 0 bridgehead atoms. The third-order valence-electron chi connectivity index (χ3n) is 3.20. The molecule has 21 heavy (non-hydrogen) atoms. The lowest BCUT2D eigenvalue weighted by atomic mass is 10.0. The summed E-state index contributed by atoms with van der Waals surface area (Å²) in [6.45, 7) is 5.42. The van der Waals surface area contributed by atoms with Crippen LogP contribution in [0.4, 0.5) is 0 Å². The molecule has 1 N–H and O–H groups in total. The number of halogens is 2. The van der Waals surface area contributed by atoms with Crippen molar-refractivity contribution in [3.8, 4) is 11.8 Å². The van der Waals surface area contributed by atoms with Crippen molar-refractivity contribution in [1.29, 1.82) is 5.26 Å². The Labute approximate surface area is 135 Å². The predicted octanol–water partition coefficient (Wildman–Crippen LogP) is 3.82. The second kappa shape index (κ2) is 8.11. The Morgan fingerprint density at radius 3 is 2.62 bits per heavy atom. The summed E-state index contributed by atoms with van der Waals surface area (Å²) in [5.74, 6) is 0.227. The SMILES string of the molecule is CC(Oc1ccc(Cl)cc1Cl)C(=O)NC(C)[C@H](C)CC#N. The Bertz CT molecular complexity index is 543. The third-order valence-corrected chi connectivity index (χ3v) is 3.73. The summed E-state index contributed by atoms with van der Waals surface area (Å²) >= 11 is 11.8. The van der Waals surface area contributed by atoms with Gasteiger partial charge in [0.1, 0.15) is 5.75 Å². The maximum absolute atomic E-state index is 12.1. The summed E-state index contributed by atoms with van der Waals surface area (Å²) in [5, 5.41) is 12.4. The molecule has 1 rings (SSSR count). The van der Waals surface area contributed by atoms with Crippen LogP contribution in [0.2, 0.25) is 10.0 Å². The van der Waals surface area contributed by atoms with E-state index in [0.717, 1.165) is 0 Å². The number of ether oxygens (including phenoxy) is 1. The standard InChI is InChI=1S/C15H18Cl2N2O2/c1-9(6-7-18)10(2)19-15(20)11(3)21-14-5-4-12(16)8-13(14)17/h4-5,8-11H,6H2,1-3H3,(H,19,20)/t9-,10?,11?/m1/s1. The summed E-state index contributed by atoms with van der Waals surface area (Å²) in [5.41, 5.74) is 0. The van der Waals surface area contributed by atoms with Gasteiger partial charge in [0.15, 0.2) is 6.10 Å². The first kappa shape index (κ1) is 17.6. The van der Waals surface area contributed by atoms with E-state index in [1.165, 1.54) is 0 Å². The van der Waals surface area contributed by atoms with Crippen LogP contribution in [0.25, 0.3) is 0 Å². The summed E-state index contributed by atoms with van der Waals surface area (Å²) in [6, 6.07) is 6.80. The van der Waals surface area contributed by atoms with Crippen LogP contribution in [0.15, 0.2) is 18.2 Å². The third kappa shape index (κ3) is 5.45. The second-order valence-corrected chi connectivity index (χ2v) is 5.82. The largest absolute Gasteiger partial charge is 0.479 e. The van der Waals surface area contributed by atoms with Gasteiger partial charge in [-0.05, 0) is 38.0 Å². The number of nitriles is 1. The minimum atomic E-state index is -0.694. The normalized spacial score (nSPS) is 14.7. The van der Waals surface area contributed by atoms with Gasteiger partial charge < -0.3 is 10.1 Å². The van der Waals surface area contributed by atoms with Gasteiger partial charge in [0.05, 0.1) is 11.1 Å². The van der Waals surface area contributed by atoms with E-state index in [4.69, 9.17) is 33.2 Å². The first-order valence-corrected chi connectivity index (χ1v) is 7.39. The van der Waals surface area contributed by atoms with Crippen LogP contribution in [0, 0.1) is 17.2 Å². The molecule has 0 spiro atoms. The van der Waals surface area contributed by atoms with E-state index in [1.807, 2.05) is 13.8 Å². The number of benzene rings is 1. The molecule has 0 fully saturated rings. The molecule has 0 aliphatic heterocycles. The van der Waals surface area contributed by atoms with Gasteiger partial charge >= 0.3 is 0 Å². The number of hydrogen-bond donors (Lipinski definition) is 1. The highest BCUT2D eigenvalue weighted by atomic mass is 35.5. The molecule has 1 amide bonds. The van der Waals surface area contributed by atoms with Gasteiger partial charge in [-0.25, -0.2) is 0 Å². The van der Waals surface area contributed by atoms with Crippen molar-refractivity contribution in [3.63, 3.8) is 0 Å². The van der Waals surface area contributed by atoms with E-state index < -0.39 is 6.10 Å². The van der Waals surface area contributed by atoms with Crippen molar-refractivity contribution in [2.45, 2.75) is 39.3 Å². The quantitative estimate of drug-likeness (QED) is 0.863. The summed E-state index contributed by atoms with van der Waals surface area (Å²) in [7, 11) is 0. The second-order valence-electron chi connectivity index (χ2n) is 4.97. The van der Waals surface area contributed by atoms with Crippen LogP contribution in [0.3, 0.4) is 0 Å². The van der Waals surface area contributed by atoms with Crippen molar-refractivity contribution in [3.05, 3.63) is 28.2 Å². The Hall–Kier alpha value is -1.44. The molecule has 1 aromatic rings. The number of carbonyl (C=O) groups is 1. The number of hydrogen-bond acceptors (Lipinski definition) is 3. The average Bonchev–Trinajstić information content (AvgIpc) is 2.41. The number of rotatable bonds is 6. The van der Waals surface area contributed by atoms with E-state index in [-0.39, 0.29) is 17.9 Å². The Balaban J connectivity index is 2.61. The van der Waals surface area contributed by atoms with Crippen molar-refractivity contribution < 1.29 is 9.53 Å². The molecule has 6 heteroatoms. The van der Waals surface area contributed by atoms with Gasteiger partial charge in [-0.3, -0.25) is 4.79 Å². The van der Waals surface area contributed by atoms with Crippen LogP contribution in [-0.4, -0.2) is 18.1 Å². The number of nitrogens with one attached hydrogen (secondary N) is 1. The van der Waals surface area contributed by atoms with Gasteiger partial charge in [-0.15, -0.1) is 0 Å². The Morgan fingerprint density at radius 2 is 2.05 bits per heavy atom. The lowest BCUT2D eigenvalue weighted by Gasteiger charge is -2.22. The van der Waals surface area contributed by atoms with Gasteiger partial charge in [0, 0.05) is 17.5 Å². The van der Waals surface area contributed by atoms with Gasteiger partial charge in [0.2, 0.25) is 0 Å². The zero-order chi connectivity index (χ0) is 16.0. The summed E-state index contributed by atoms with van der Waals surface area (Å²) < 4.78 is 5.53. The van der Waals surface area contributed by atoms with Crippen LogP contribution < -0.4 is 10.1 Å². The van der Waals surface area contributed by atoms with Gasteiger partial charge in [-0.2, -0.15) is 5.26 Å². The first-order chi connectivity index (χ1) is 9.85. The van der Waals surface area contributed by atoms with Crippen LogP contribution >= 0.6 is 23.2 Å². The molecule has 1 aromatic carbocycles. The topological polar surface area (TPSA) is 62.1 Å². The fourth-order valence-electron chi connectivity index (χ4n) is 1.62. The molecule has 2 unspecified atom stereocenters. The molecule has 0 aromatic heterocycles. The summed E-state index contributed by atoms with van der Waals surface area (Å²) in [4.78, 5) is 12.1. The molecular formula is C15H18Cl2N2O2. The van der Waals surface area contributed by atoms with Crippen LogP contribution in [-0.2, 0) is 4.79 Å². The average molecular weight is 329 g/mol. The lowest BCUT2D eigenvalue weighted by molar-refractivity contribution is -0.128. The van der Waals surface area contributed by atoms with Crippen molar-refractivity contribution in [1.82, 2.24) is 5.32 Å². The van der Waals surface area contributed by atoms with E-state index in [0.29, 0.717) is 22.2 Å². The molecule has 0 aliphatic carbocycles. The van der Waals surface area contributed by atoms with Crippen molar-refractivity contribution in [2.24, 2.45) is 5.92 Å². The van der Waals surface area contributed by atoms with Gasteiger partial charge in [0.25, 0.3) is 5.91 Å². The maximum Gasteiger partial charge on any atom is 0.260 e. The van der Waals surface area contributed by atoms with Crippen LogP contribution in [0.5, 0.6) is 5.75 Å². The maximum atomic E-state index is 12.1. The van der Waals surface area contributed by atoms with Crippen LogP contribution in [0.1, 0.15) is 27.2 Å². The molecule has 0 saturated carbocycles. The van der Waals surface area contributed by atoms with Gasteiger partial charge in [-0.1, -0.05) is 30.1 Å². The van der Waals surface area contributed by atoms with Crippen molar-refractivity contribution >= 4 is 29.1 Å². The first-order valence-electron chi connectivity index (χ1n) is 6.64. The molecule has 0 radical (unpaired) electrons. The molecule has 3 atom stereocenters. The highest BCUT2D eigenvalue weighted by Crippen LogP contribution is 2.28. The monoisotopic (exact) mass is 328 g/mol. The Kier molecular flexibility index (Phi) is 6.80. The summed E-state index contributed by atoms with van der Waals surface area (Å²) in [6.07, 6.45) is -0.305. The minimum Gasteiger partial charge on any atom is -0.479 e. The molecule has 4 nitrogen and oxygen atoms in total. The molecule has 114 valence electrons. The highest BCUT2D eigenvalue weighted by Gasteiger charge is 2.20. The Morgan fingerprint density at radius 1 is 1.38 bits per heavy atom. The molecule has 0 heterocycles. The highest BCUT2D eigenvalue weighted by molar-refractivity contribution is 6.35. The minimum absolute atomic E-state index is 0.0743. The molecular weight excluding hydrogens is 311 g/mol. The molecule has 0 saturated heterocycles. The van der Waals surface area contributed by atoms with E-state index in [2.05, 4.69) is 11.4 Å². The number of carbonyl (C=O) groups excluding carboxylic acids is 1. The smallest absolute Gasteiger partial charge is 0.260 e. The lowest BCUT2D eigenvalue weighted by Crippen LogP contribution is -2.43. The predicted molar refractivity (Wildman–Crippen MR) is 83.6 cm³/mol. The molecule has 0 aliphatic rings. The number of amides is 1. The van der Waals surface area contributed by atoms with E-state index in [9.17, 15) is 4.79 Å². The van der Waals surface area contributed by atoms with E-state index in [1.54, 1.807) is 25.1 Å². The zero-order valence-corrected chi connectivity index (χ0v) is 13.7. The fraction of sp³-hybridized carbons (Fsp3) is 0.467. The number of nitrogens with zero attached hydrogens (tertiary/aromatic N) is 1. The zero-order valence-electron chi connectivity index (χ0n) is 12.2. The van der Waals surface area contributed by atoms with E-state index >= 15 is 0 Å². The fourth-order valence-corrected chi connectivity index (χ4v) is 2.07.